The zero-order valence-electron chi connectivity index (χ0n) is 9.88. The number of nitrogens with two attached hydrogens (primary N) is 1. The molecule has 2 rings (SSSR count). The van der Waals surface area contributed by atoms with Gasteiger partial charge in [0.2, 0.25) is 0 Å². The fraction of sp³-hybridized carbons (Fsp3) is 0. The molecule has 0 spiro atoms. The van der Waals surface area contributed by atoms with E-state index >= 15 is 0 Å². The van der Waals surface area contributed by atoms with Gasteiger partial charge in [0.15, 0.2) is 0 Å². The van der Waals surface area contributed by atoms with E-state index in [1.165, 1.54) is 6.07 Å². The van der Waals surface area contributed by atoms with Crippen LogP contribution >= 0.6 is 34.2 Å². The third kappa shape index (κ3) is 3.18. The zero-order chi connectivity index (χ0) is 14.9. The molecular weight excluding hydrogens is 401 g/mol. The summed E-state index contributed by atoms with van der Waals surface area (Å²) in [7, 11) is 0. The van der Waals surface area contributed by atoms with Gasteiger partial charge in [-0.2, -0.15) is 0 Å². The largest absolute Gasteiger partial charge is 0.396 e. The van der Waals surface area contributed by atoms with Crippen LogP contribution in [0.5, 0.6) is 0 Å². The molecule has 7 heteroatoms. The van der Waals surface area contributed by atoms with E-state index in [0.717, 1.165) is 9.64 Å². The van der Waals surface area contributed by atoms with E-state index in [1.54, 1.807) is 12.1 Å². The minimum Gasteiger partial charge on any atom is -0.396 e. The molecule has 0 heterocycles. The number of halogens is 4. The van der Waals surface area contributed by atoms with Crippen LogP contribution in [0.1, 0.15) is 10.4 Å². The van der Waals surface area contributed by atoms with Crippen LogP contribution < -0.4 is 11.1 Å². The number of nitrogens with one attached hydrogen (secondary N) is 1. The average molecular weight is 409 g/mol. The van der Waals surface area contributed by atoms with E-state index in [9.17, 15) is 13.6 Å². The summed E-state index contributed by atoms with van der Waals surface area (Å²) in [5.41, 5.74) is 5.16. The van der Waals surface area contributed by atoms with Gasteiger partial charge in [-0.1, -0.05) is 11.6 Å². The van der Waals surface area contributed by atoms with Crippen LogP contribution in [0.25, 0.3) is 0 Å². The molecule has 20 heavy (non-hydrogen) atoms. The van der Waals surface area contributed by atoms with Gasteiger partial charge in [-0.15, -0.1) is 0 Å². The second kappa shape index (κ2) is 5.92. The molecule has 0 bridgehead atoms. The molecule has 3 nitrogen and oxygen atoms in total. The Morgan fingerprint density at radius 2 is 1.90 bits per heavy atom. The van der Waals surface area contributed by atoms with Crippen molar-refractivity contribution in [3.05, 3.63) is 56.1 Å². The third-order valence-electron chi connectivity index (χ3n) is 2.52. The van der Waals surface area contributed by atoms with Crippen LogP contribution in [0.2, 0.25) is 5.02 Å². The Kier molecular flexibility index (Phi) is 4.44. The van der Waals surface area contributed by atoms with E-state index in [4.69, 9.17) is 17.3 Å². The van der Waals surface area contributed by atoms with Crippen LogP contribution in [0, 0.1) is 15.2 Å². The molecule has 3 N–H and O–H groups in total. The fourth-order valence-corrected chi connectivity index (χ4v) is 2.01. The average Bonchev–Trinajstić information content (AvgIpc) is 2.39. The molecule has 0 aromatic heterocycles. The fourth-order valence-electron chi connectivity index (χ4n) is 1.49. The summed E-state index contributed by atoms with van der Waals surface area (Å²) in [5, 5.41) is 2.73. The van der Waals surface area contributed by atoms with Crippen LogP contribution in [-0.2, 0) is 0 Å². The maximum atomic E-state index is 13.5. The van der Waals surface area contributed by atoms with E-state index in [-0.39, 0.29) is 16.9 Å². The van der Waals surface area contributed by atoms with Crippen LogP contribution in [-0.4, -0.2) is 5.91 Å². The van der Waals surface area contributed by atoms with Gasteiger partial charge >= 0.3 is 0 Å². The number of rotatable bonds is 2. The lowest BCUT2D eigenvalue weighted by molar-refractivity contribution is 0.102. The molecular formula is C13H8ClF2IN2O. The minimum absolute atomic E-state index is 0.191. The summed E-state index contributed by atoms with van der Waals surface area (Å²) in [6.45, 7) is 0. The van der Waals surface area contributed by atoms with Crippen LogP contribution in [0.3, 0.4) is 0 Å². The van der Waals surface area contributed by atoms with Gasteiger partial charge in [0.25, 0.3) is 5.91 Å². The van der Waals surface area contributed by atoms with Gasteiger partial charge in [0.05, 0.1) is 16.4 Å². The predicted molar refractivity (Wildman–Crippen MR) is 82.9 cm³/mol. The molecule has 0 unspecified atom stereocenters. The summed E-state index contributed by atoms with van der Waals surface area (Å²) >= 11 is 7.93. The molecule has 0 saturated heterocycles. The van der Waals surface area contributed by atoms with Crippen molar-refractivity contribution in [2.24, 2.45) is 0 Å². The molecule has 104 valence electrons. The Labute approximate surface area is 132 Å². The Bertz CT molecular complexity index is 694. The minimum atomic E-state index is -0.901. The first kappa shape index (κ1) is 15.0. The zero-order valence-corrected chi connectivity index (χ0v) is 12.8. The number of anilines is 2. The van der Waals surface area contributed by atoms with Crippen molar-refractivity contribution in [3.63, 3.8) is 0 Å². The highest BCUT2D eigenvalue weighted by Crippen LogP contribution is 2.23. The first-order valence-corrected chi connectivity index (χ1v) is 6.85. The van der Waals surface area contributed by atoms with Gasteiger partial charge in [-0.3, -0.25) is 4.79 Å². The Morgan fingerprint density at radius 3 is 2.55 bits per heavy atom. The van der Waals surface area contributed by atoms with Gasteiger partial charge in [-0.05, 0) is 46.9 Å². The number of carbonyl (C=O) groups excluding carboxylic acids is 1. The van der Waals surface area contributed by atoms with Gasteiger partial charge < -0.3 is 11.1 Å². The summed E-state index contributed by atoms with van der Waals surface area (Å²) in [6.07, 6.45) is 0. The summed E-state index contributed by atoms with van der Waals surface area (Å²) in [5.74, 6) is -2.34. The predicted octanol–water partition coefficient (Wildman–Crippen LogP) is 4.06. The maximum Gasteiger partial charge on any atom is 0.255 e. The van der Waals surface area contributed by atoms with E-state index in [1.807, 2.05) is 22.6 Å². The number of hydrogen-bond acceptors (Lipinski definition) is 2. The lowest BCUT2D eigenvalue weighted by Crippen LogP contribution is -2.13. The maximum absolute atomic E-state index is 13.5. The lowest BCUT2D eigenvalue weighted by atomic mass is 10.2. The summed E-state index contributed by atoms with van der Waals surface area (Å²) < 4.78 is 27.3. The monoisotopic (exact) mass is 408 g/mol. The van der Waals surface area contributed by atoms with Crippen LogP contribution in [0.15, 0.2) is 30.3 Å². The van der Waals surface area contributed by atoms with E-state index in [0.29, 0.717) is 11.1 Å². The van der Waals surface area contributed by atoms with Gasteiger partial charge in [-0.25, -0.2) is 8.78 Å². The van der Waals surface area contributed by atoms with Crippen molar-refractivity contribution >= 4 is 51.5 Å². The first-order chi connectivity index (χ1) is 9.38. The highest BCUT2D eigenvalue weighted by atomic mass is 127. The first-order valence-electron chi connectivity index (χ1n) is 5.39. The van der Waals surface area contributed by atoms with Crippen molar-refractivity contribution in [3.8, 4) is 0 Å². The Morgan fingerprint density at radius 1 is 1.20 bits per heavy atom. The normalized spacial score (nSPS) is 10.4. The Balaban J connectivity index is 2.27. The molecule has 2 aromatic carbocycles. The van der Waals surface area contributed by atoms with E-state index in [2.05, 4.69) is 5.32 Å². The van der Waals surface area contributed by atoms with Crippen molar-refractivity contribution in [1.82, 2.24) is 0 Å². The van der Waals surface area contributed by atoms with Crippen LogP contribution in [0.4, 0.5) is 20.2 Å². The second-order valence-electron chi connectivity index (χ2n) is 3.94. The lowest BCUT2D eigenvalue weighted by Gasteiger charge is -2.08. The number of nitrogen functional groups attached to an aromatic ring is 1. The molecule has 0 atom stereocenters. The standard InChI is InChI=1S/C13H8ClF2IN2O/c14-7-3-6(1-2-10(7)17)13(20)19-12-5-11(18)8(15)4-9(12)16/h1-5H,18H2,(H,19,20). The highest BCUT2D eigenvalue weighted by molar-refractivity contribution is 14.1. The smallest absolute Gasteiger partial charge is 0.255 e. The Hall–Kier alpha value is -1.41. The topological polar surface area (TPSA) is 55.1 Å². The van der Waals surface area contributed by atoms with Crippen molar-refractivity contribution in [1.29, 1.82) is 0 Å². The van der Waals surface area contributed by atoms with Crippen molar-refractivity contribution in [2.75, 3.05) is 11.1 Å². The number of amides is 1. The molecule has 0 saturated carbocycles. The van der Waals surface area contributed by atoms with Gasteiger partial charge in [0.1, 0.15) is 11.6 Å². The highest BCUT2D eigenvalue weighted by Gasteiger charge is 2.13. The van der Waals surface area contributed by atoms with Crippen molar-refractivity contribution < 1.29 is 13.6 Å². The quantitative estimate of drug-likeness (QED) is 0.582. The second-order valence-corrected chi connectivity index (χ2v) is 5.51. The molecule has 0 fully saturated rings. The SMILES string of the molecule is Nc1cc(NC(=O)c2ccc(I)c(Cl)c2)c(F)cc1F. The molecule has 0 radical (unpaired) electrons. The molecule has 0 aliphatic carbocycles. The molecule has 1 amide bonds. The number of carbonyl (C=O) groups is 1. The summed E-state index contributed by atoms with van der Waals surface area (Å²) in [4.78, 5) is 12.0. The van der Waals surface area contributed by atoms with E-state index < -0.39 is 17.5 Å². The number of benzene rings is 2. The molecule has 0 aliphatic heterocycles. The number of hydrogen-bond donors (Lipinski definition) is 2. The molecule has 2 aromatic rings. The third-order valence-corrected chi connectivity index (χ3v) is 4.09. The summed E-state index contributed by atoms with van der Waals surface area (Å²) in [6, 6.07) is 6.31. The molecule has 0 aliphatic rings. The van der Waals surface area contributed by atoms with Gasteiger partial charge in [0, 0.05) is 15.2 Å². The van der Waals surface area contributed by atoms with Crippen molar-refractivity contribution in [2.45, 2.75) is 0 Å².